The molecule has 0 aliphatic rings. The van der Waals surface area contributed by atoms with Gasteiger partial charge < -0.3 is 4.40 Å². The SMILES string of the molecule is Cc1cc2c3nccc4cc(CC(C)(C)C(F)(F)F)c5c6ccccc6n(c2c(C)c1F)c5c43. The number of pyridine rings is 2. The Bertz CT molecular complexity index is 1770. The number of aryl methyl sites for hydroxylation is 2. The van der Waals surface area contributed by atoms with Gasteiger partial charge in [-0.2, -0.15) is 13.2 Å². The van der Waals surface area contributed by atoms with Gasteiger partial charge in [0, 0.05) is 33.3 Å². The summed E-state index contributed by atoms with van der Waals surface area (Å²) in [5.74, 6) is -0.283. The Kier molecular flexibility index (Phi) is 4.10. The van der Waals surface area contributed by atoms with Crippen molar-refractivity contribution in [3.63, 3.8) is 0 Å². The number of halogens is 4. The molecule has 6 heteroatoms. The van der Waals surface area contributed by atoms with Crippen LogP contribution in [0.4, 0.5) is 17.6 Å². The predicted octanol–water partition coefficient (Wildman–Crippen LogP) is 8.27. The van der Waals surface area contributed by atoms with Crippen molar-refractivity contribution in [2.45, 2.75) is 40.3 Å². The van der Waals surface area contributed by atoms with E-state index in [1.807, 2.05) is 46.9 Å². The first-order valence-electron chi connectivity index (χ1n) is 11.2. The van der Waals surface area contributed by atoms with Crippen molar-refractivity contribution in [3.8, 4) is 0 Å². The molecule has 0 spiro atoms. The van der Waals surface area contributed by atoms with E-state index in [4.69, 9.17) is 0 Å². The van der Waals surface area contributed by atoms with Crippen LogP contribution in [0.15, 0.2) is 48.7 Å². The van der Waals surface area contributed by atoms with Crippen molar-refractivity contribution in [1.82, 2.24) is 9.38 Å². The predicted molar refractivity (Wildman–Crippen MR) is 129 cm³/mol. The molecule has 0 saturated carbocycles. The first-order valence-corrected chi connectivity index (χ1v) is 11.2. The molecule has 0 aliphatic heterocycles. The van der Waals surface area contributed by atoms with Gasteiger partial charge in [0.25, 0.3) is 0 Å². The minimum absolute atomic E-state index is 0.164. The topological polar surface area (TPSA) is 17.3 Å². The maximum absolute atomic E-state index is 15.1. The van der Waals surface area contributed by atoms with E-state index in [9.17, 15) is 13.2 Å². The highest BCUT2D eigenvalue weighted by molar-refractivity contribution is 6.28. The molecule has 3 aromatic carbocycles. The molecule has 0 amide bonds. The van der Waals surface area contributed by atoms with Gasteiger partial charge in [0.2, 0.25) is 0 Å². The van der Waals surface area contributed by atoms with Crippen LogP contribution in [-0.2, 0) is 6.42 Å². The first-order chi connectivity index (χ1) is 16.0. The molecular formula is C28H22F4N2. The van der Waals surface area contributed by atoms with Gasteiger partial charge in [-0.3, -0.25) is 4.98 Å². The van der Waals surface area contributed by atoms with Gasteiger partial charge in [0.1, 0.15) is 5.82 Å². The van der Waals surface area contributed by atoms with Crippen LogP contribution in [0.5, 0.6) is 0 Å². The van der Waals surface area contributed by atoms with Crippen LogP contribution in [0.25, 0.3) is 49.0 Å². The normalized spacial score (nSPS) is 13.4. The van der Waals surface area contributed by atoms with Crippen LogP contribution in [-0.4, -0.2) is 15.6 Å². The third-order valence-corrected chi connectivity index (χ3v) is 7.27. The lowest BCUT2D eigenvalue weighted by Gasteiger charge is -2.28. The highest BCUT2D eigenvalue weighted by Gasteiger charge is 2.47. The number of nitrogens with zero attached hydrogens (tertiary/aromatic N) is 2. The van der Waals surface area contributed by atoms with Gasteiger partial charge in [-0.05, 0) is 55.0 Å². The summed E-state index contributed by atoms with van der Waals surface area (Å²) in [7, 11) is 0. The molecule has 2 nitrogen and oxygen atoms in total. The Morgan fingerprint density at radius 1 is 0.912 bits per heavy atom. The number of benzene rings is 3. The van der Waals surface area contributed by atoms with E-state index in [1.165, 1.54) is 13.8 Å². The highest BCUT2D eigenvalue weighted by Crippen LogP contribution is 2.47. The van der Waals surface area contributed by atoms with Gasteiger partial charge in [-0.1, -0.05) is 38.1 Å². The average Bonchev–Trinajstić information content (AvgIpc) is 3.12. The maximum atomic E-state index is 15.1. The van der Waals surface area contributed by atoms with Gasteiger partial charge >= 0.3 is 6.18 Å². The van der Waals surface area contributed by atoms with Crippen molar-refractivity contribution in [2.24, 2.45) is 5.41 Å². The Morgan fingerprint density at radius 3 is 2.38 bits per heavy atom. The second kappa shape index (κ2) is 6.59. The second-order valence-electron chi connectivity index (χ2n) is 9.96. The Morgan fingerprint density at radius 2 is 1.65 bits per heavy atom. The maximum Gasteiger partial charge on any atom is 0.394 e. The molecule has 0 bridgehead atoms. The van der Waals surface area contributed by atoms with Crippen molar-refractivity contribution in [1.29, 1.82) is 0 Å². The summed E-state index contributed by atoms with van der Waals surface area (Å²) in [6, 6.07) is 13.2. The fraction of sp³-hybridized carbons (Fsp3) is 0.250. The third kappa shape index (κ3) is 2.59. The molecule has 172 valence electrons. The van der Waals surface area contributed by atoms with Gasteiger partial charge in [0.15, 0.2) is 0 Å². The quantitative estimate of drug-likeness (QED) is 0.144. The lowest BCUT2D eigenvalue weighted by atomic mass is 9.82. The fourth-order valence-corrected chi connectivity index (χ4v) is 5.48. The molecule has 0 saturated heterocycles. The minimum atomic E-state index is -4.35. The summed E-state index contributed by atoms with van der Waals surface area (Å²) < 4.78 is 58.9. The summed E-state index contributed by atoms with van der Waals surface area (Å²) in [4.78, 5) is 4.67. The summed E-state index contributed by atoms with van der Waals surface area (Å²) in [6.45, 7) is 5.97. The third-order valence-electron chi connectivity index (χ3n) is 7.27. The smallest absolute Gasteiger partial charge is 0.307 e. The van der Waals surface area contributed by atoms with Gasteiger partial charge in [0.05, 0.1) is 27.5 Å². The molecule has 34 heavy (non-hydrogen) atoms. The Balaban J connectivity index is 1.92. The summed E-state index contributed by atoms with van der Waals surface area (Å²) in [6.07, 6.45) is -2.84. The van der Waals surface area contributed by atoms with Gasteiger partial charge in [-0.25, -0.2) is 4.39 Å². The largest absolute Gasteiger partial charge is 0.394 e. The molecule has 6 aromatic rings. The average molecular weight is 462 g/mol. The molecular weight excluding hydrogens is 440 g/mol. The number of aromatic nitrogens is 2. The lowest BCUT2D eigenvalue weighted by molar-refractivity contribution is -0.210. The van der Waals surface area contributed by atoms with Crippen molar-refractivity contribution in [3.05, 3.63) is 71.2 Å². The number of para-hydroxylation sites is 1. The van der Waals surface area contributed by atoms with E-state index in [-0.39, 0.29) is 12.2 Å². The number of hydrogen-bond donors (Lipinski definition) is 0. The van der Waals surface area contributed by atoms with Crippen molar-refractivity contribution >= 4 is 49.0 Å². The molecule has 0 fully saturated rings. The number of hydrogen-bond acceptors (Lipinski definition) is 1. The molecule has 0 aliphatic carbocycles. The summed E-state index contributed by atoms with van der Waals surface area (Å²) >= 11 is 0. The zero-order chi connectivity index (χ0) is 24.2. The minimum Gasteiger partial charge on any atom is -0.307 e. The van der Waals surface area contributed by atoms with Gasteiger partial charge in [-0.15, -0.1) is 0 Å². The van der Waals surface area contributed by atoms with E-state index in [0.29, 0.717) is 22.2 Å². The molecule has 0 atom stereocenters. The summed E-state index contributed by atoms with van der Waals surface area (Å²) in [5.41, 5.74) is 2.85. The molecule has 0 N–H and O–H groups in total. The van der Waals surface area contributed by atoms with Crippen molar-refractivity contribution < 1.29 is 17.6 Å². The standard InChI is InChI=1S/C28H22F4N2/c1-14-11-19-24-22-16(9-10-33-24)12-17(13-27(3,4)28(30,31)32)21-18-7-5-6-8-20(18)34(26(21)22)25(19)15(2)23(14)29/h5-12H,13H2,1-4H3. The second-order valence-corrected chi connectivity index (χ2v) is 9.96. The Hall–Kier alpha value is -3.41. The van der Waals surface area contributed by atoms with Crippen LogP contribution < -0.4 is 0 Å². The van der Waals surface area contributed by atoms with E-state index < -0.39 is 11.6 Å². The van der Waals surface area contributed by atoms with Crippen LogP contribution in [0.1, 0.15) is 30.5 Å². The first kappa shape index (κ1) is 21.1. The van der Waals surface area contributed by atoms with E-state index in [0.717, 1.165) is 43.5 Å². The monoisotopic (exact) mass is 462 g/mol. The van der Waals surface area contributed by atoms with Crippen LogP contribution in [0, 0.1) is 25.1 Å². The molecule has 0 radical (unpaired) electrons. The number of fused-ring (bicyclic) bond motifs is 6. The number of rotatable bonds is 2. The molecule has 3 heterocycles. The van der Waals surface area contributed by atoms with E-state index in [2.05, 4.69) is 4.98 Å². The highest BCUT2D eigenvalue weighted by atomic mass is 19.4. The van der Waals surface area contributed by atoms with Crippen LogP contribution in [0.3, 0.4) is 0 Å². The molecule has 0 unspecified atom stereocenters. The zero-order valence-corrected chi connectivity index (χ0v) is 19.2. The van der Waals surface area contributed by atoms with Crippen LogP contribution in [0.2, 0.25) is 0 Å². The van der Waals surface area contributed by atoms with E-state index >= 15 is 4.39 Å². The fourth-order valence-electron chi connectivity index (χ4n) is 5.48. The molecule has 3 aromatic heterocycles. The molecule has 6 rings (SSSR count). The number of alkyl halides is 3. The Labute approximate surface area is 193 Å². The zero-order valence-electron chi connectivity index (χ0n) is 19.2. The summed E-state index contributed by atoms with van der Waals surface area (Å²) in [5, 5.41) is 4.19. The lowest BCUT2D eigenvalue weighted by Crippen LogP contribution is -2.34. The van der Waals surface area contributed by atoms with Crippen LogP contribution >= 0.6 is 0 Å². The van der Waals surface area contributed by atoms with E-state index in [1.54, 1.807) is 20.0 Å². The van der Waals surface area contributed by atoms with Crippen molar-refractivity contribution in [2.75, 3.05) is 0 Å².